The summed E-state index contributed by atoms with van der Waals surface area (Å²) in [6.07, 6.45) is 1.61. The molecular formula is C21H20N2O5. The summed E-state index contributed by atoms with van der Waals surface area (Å²) in [5, 5.41) is 10.8. The number of hydrogen-bond acceptors (Lipinski definition) is 6. The number of ether oxygens (including phenoxy) is 2. The van der Waals surface area contributed by atoms with Gasteiger partial charge in [-0.25, -0.2) is 0 Å². The molecule has 0 aromatic heterocycles. The lowest BCUT2D eigenvalue weighted by Gasteiger charge is -2.30. The van der Waals surface area contributed by atoms with Gasteiger partial charge in [-0.3, -0.25) is 19.8 Å². The van der Waals surface area contributed by atoms with Crippen LogP contribution in [0, 0.1) is 16.0 Å². The van der Waals surface area contributed by atoms with E-state index in [0.717, 1.165) is 17.9 Å². The van der Waals surface area contributed by atoms with Gasteiger partial charge in [-0.05, 0) is 41.8 Å². The summed E-state index contributed by atoms with van der Waals surface area (Å²) in [6, 6.07) is 9.53. The molecule has 0 spiro atoms. The topological polar surface area (TPSA) is 81.9 Å². The number of nitro groups is 1. The zero-order valence-electron chi connectivity index (χ0n) is 15.7. The van der Waals surface area contributed by atoms with Gasteiger partial charge >= 0.3 is 0 Å². The second kappa shape index (κ2) is 7.09. The Kier molecular flexibility index (Phi) is 4.60. The van der Waals surface area contributed by atoms with Gasteiger partial charge in [0.15, 0.2) is 5.76 Å². The van der Waals surface area contributed by atoms with Crippen molar-refractivity contribution in [2.45, 2.75) is 20.4 Å². The number of benzene rings is 2. The maximum absolute atomic E-state index is 12.8. The van der Waals surface area contributed by atoms with Crippen molar-refractivity contribution in [3.63, 3.8) is 0 Å². The predicted octanol–water partition coefficient (Wildman–Crippen LogP) is 4.02. The van der Waals surface area contributed by atoms with Crippen molar-refractivity contribution in [2.75, 3.05) is 13.3 Å². The van der Waals surface area contributed by atoms with Crippen molar-refractivity contribution in [2.24, 2.45) is 5.92 Å². The van der Waals surface area contributed by atoms with Gasteiger partial charge in [-0.15, -0.1) is 0 Å². The van der Waals surface area contributed by atoms with Crippen molar-refractivity contribution in [3.05, 3.63) is 69.0 Å². The molecule has 4 rings (SSSR count). The Morgan fingerprint density at radius 3 is 2.64 bits per heavy atom. The second-order valence-electron chi connectivity index (χ2n) is 7.39. The van der Waals surface area contributed by atoms with Crippen LogP contribution < -0.4 is 9.47 Å². The van der Waals surface area contributed by atoms with E-state index in [9.17, 15) is 14.9 Å². The van der Waals surface area contributed by atoms with Crippen molar-refractivity contribution in [1.82, 2.24) is 4.90 Å². The number of non-ortho nitro benzene ring substituents is 1. The van der Waals surface area contributed by atoms with Crippen LogP contribution in [0.2, 0.25) is 0 Å². The van der Waals surface area contributed by atoms with Crippen LogP contribution in [0.25, 0.3) is 6.08 Å². The number of nitrogens with zero attached hydrogens (tertiary/aromatic N) is 2. The number of carbonyl (C=O) groups excluding carboxylic acids is 1. The Bertz CT molecular complexity index is 979. The highest BCUT2D eigenvalue weighted by Crippen LogP contribution is 2.42. The summed E-state index contributed by atoms with van der Waals surface area (Å²) in [6.45, 7) is 6.37. The van der Waals surface area contributed by atoms with Crippen LogP contribution in [0.3, 0.4) is 0 Å². The Balaban J connectivity index is 1.62. The van der Waals surface area contributed by atoms with E-state index in [1.165, 1.54) is 12.1 Å². The normalized spacial score (nSPS) is 17.2. The molecule has 0 fully saturated rings. The maximum atomic E-state index is 12.8. The highest BCUT2D eigenvalue weighted by Gasteiger charge is 2.33. The summed E-state index contributed by atoms with van der Waals surface area (Å²) in [4.78, 5) is 25.3. The average molecular weight is 380 g/mol. The van der Waals surface area contributed by atoms with Gasteiger partial charge in [0, 0.05) is 25.2 Å². The quantitative estimate of drug-likeness (QED) is 0.453. The Hall–Kier alpha value is -3.19. The Morgan fingerprint density at radius 1 is 1.21 bits per heavy atom. The predicted molar refractivity (Wildman–Crippen MR) is 103 cm³/mol. The fourth-order valence-corrected chi connectivity index (χ4v) is 3.48. The van der Waals surface area contributed by atoms with E-state index in [0.29, 0.717) is 36.1 Å². The first-order chi connectivity index (χ1) is 13.4. The van der Waals surface area contributed by atoms with Crippen molar-refractivity contribution in [3.8, 4) is 11.5 Å². The first-order valence-electron chi connectivity index (χ1n) is 9.12. The van der Waals surface area contributed by atoms with Crippen LogP contribution in [-0.4, -0.2) is 28.9 Å². The first kappa shape index (κ1) is 18.2. The fraction of sp³-hybridized carbons (Fsp3) is 0.286. The van der Waals surface area contributed by atoms with Gasteiger partial charge in [-0.2, -0.15) is 0 Å². The molecule has 2 aromatic carbocycles. The number of fused-ring (bicyclic) bond motifs is 3. The molecule has 7 heteroatoms. The highest BCUT2D eigenvalue weighted by molar-refractivity contribution is 6.15. The van der Waals surface area contributed by atoms with E-state index < -0.39 is 4.92 Å². The lowest BCUT2D eigenvalue weighted by Crippen LogP contribution is -2.34. The molecule has 0 bridgehead atoms. The molecule has 0 unspecified atom stereocenters. The number of allylic oxidation sites excluding steroid dienone is 1. The Morgan fingerprint density at radius 2 is 1.96 bits per heavy atom. The van der Waals surface area contributed by atoms with Crippen LogP contribution in [-0.2, 0) is 6.54 Å². The molecule has 7 nitrogen and oxygen atoms in total. The van der Waals surface area contributed by atoms with Gasteiger partial charge in [-0.1, -0.05) is 13.8 Å². The first-order valence-corrected chi connectivity index (χ1v) is 9.12. The minimum Gasteiger partial charge on any atom is -0.478 e. The molecule has 28 heavy (non-hydrogen) atoms. The molecule has 0 saturated heterocycles. The lowest BCUT2D eigenvalue weighted by molar-refractivity contribution is -0.384. The molecule has 144 valence electrons. The average Bonchev–Trinajstić information content (AvgIpc) is 2.98. The molecule has 0 amide bonds. The molecule has 0 saturated carbocycles. The molecule has 2 heterocycles. The third-order valence-corrected chi connectivity index (χ3v) is 4.71. The highest BCUT2D eigenvalue weighted by atomic mass is 16.6. The monoisotopic (exact) mass is 380 g/mol. The summed E-state index contributed by atoms with van der Waals surface area (Å²) < 4.78 is 11.8. The van der Waals surface area contributed by atoms with Gasteiger partial charge < -0.3 is 9.47 Å². The number of carbonyl (C=O) groups is 1. The largest absolute Gasteiger partial charge is 0.478 e. The van der Waals surface area contributed by atoms with Gasteiger partial charge in [0.05, 0.1) is 16.1 Å². The Labute approximate surface area is 162 Å². The van der Waals surface area contributed by atoms with Crippen molar-refractivity contribution in [1.29, 1.82) is 0 Å². The zero-order chi connectivity index (χ0) is 19.8. The minimum atomic E-state index is -0.459. The number of hydrogen-bond donors (Lipinski definition) is 0. The minimum absolute atomic E-state index is 0.000523. The van der Waals surface area contributed by atoms with E-state index in [1.807, 2.05) is 6.07 Å². The van der Waals surface area contributed by atoms with E-state index in [2.05, 4.69) is 18.7 Å². The van der Waals surface area contributed by atoms with Crippen LogP contribution in [0.4, 0.5) is 5.69 Å². The lowest BCUT2D eigenvalue weighted by atomic mass is 10.0. The molecule has 0 atom stereocenters. The standard InChI is InChI=1S/C21H20N2O5/c1-13(2)10-22-11-17-18(27-12-22)8-7-16-20(24)19(28-21(16)17)9-14-3-5-15(6-4-14)23(25)26/h3-9,13H,10-12H2,1-2H3/b19-9-. The third-order valence-electron chi connectivity index (χ3n) is 4.71. The van der Waals surface area contributed by atoms with Gasteiger partial charge in [0.1, 0.15) is 18.2 Å². The zero-order valence-corrected chi connectivity index (χ0v) is 15.7. The maximum Gasteiger partial charge on any atom is 0.269 e. The summed E-state index contributed by atoms with van der Waals surface area (Å²) in [7, 11) is 0. The third kappa shape index (κ3) is 3.36. The molecule has 0 radical (unpaired) electrons. The summed E-state index contributed by atoms with van der Waals surface area (Å²) >= 11 is 0. The summed E-state index contributed by atoms with van der Waals surface area (Å²) in [5.74, 6) is 1.80. The number of Topliss-reactive ketones (excluding diaryl/α,β-unsaturated/α-hetero) is 1. The number of rotatable bonds is 4. The summed E-state index contributed by atoms with van der Waals surface area (Å²) in [5.41, 5.74) is 2.06. The van der Waals surface area contributed by atoms with Gasteiger partial charge in [0.2, 0.25) is 5.78 Å². The van der Waals surface area contributed by atoms with Crippen LogP contribution in [0.5, 0.6) is 11.5 Å². The van der Waals surface area contributed by atoms with E-state index in [4.69, 9.17) is 9.47 Å². The molecule has 0 N–H and O–H groups in total. The molecule has 2 aliphatic rings. The van der Waals surface area contributed by atoms with Crippen LogP contribution in [0.1, 0.15) is 35.3 Å². The SMILES string of the molecule is CC(C)CN1COc2ccc3c(c2C1)O/C(=C\c1ccc([N+](=O)[O-])cc1)C3=O. The fourth-order valence-electron chi connectivity index (χ4n) is 3.48. The van der Waals surface area contributed by atoms with E-state index >= 15 is 0 Å². The number of nitro benzene ring substituents is 1. The molecular weight excluding hydrogens is 360 g/mol. The molecule has 2 aliphatic heterocycles. The smallest absolute Gasteiger partial charge is 0.269 e. The van der Waals surface area contributed by atoms with Gasteiger partial charge in [0.25, 0.3) is 5.69 Å². The van der Waals surface area contributed by atoms with Crippen molar-refractivity contribution >= 4 is 17.5 Å². The van der Waals surface area contributed by atoms with Crippen molar-refractivity contribution < 1.29 is 19.2 Å². The van der Waals surface area contributed by atoms with E-state index in [1.54, 1.807) is 24.3 Å². The number of ketones is 1. The van der Waals surface area contributed by atoms with Crippen LogP contribution in [0.15, 0.2) is 42.2 Å². The molecule has 0 aliphatic carbocycles. The van der Waals surface area contributed by atoms with Crippen LogP contribution >= 0.6 is 0 Å². The second-order valence-corrected chi connectivity index (χ2v) is 7.39. The molecule has 2 aromatic rings. The van der Waals surface area contributed by atoms with E-state index in [-0.39, 0.29) is 17.2 Å².